The number of terminal acetylenes is 1. The van der Waals surface area contributed by atoms with Crippen molar-refractivity contribution >= 4 is 5.91 Å². The molecule has 1 aromatic carbocycles. The van der Waals surface area contributed by atoms with Gasteiger partial charge in [-0.25, -0.2) is 0 Å². The van der Waals surface area contributed by atoms with Gasteiger partial charge in [0.1, 0.15) is 5.75 Å². The molecule has 16 heavy (non-hydrogen) atoms. The van der Waals surface area contributed by atoms with Crippen LogP contribution in [0.4, 0.5) is 0 Å². The Bertz CT molecular complexity index is 381. The summed E-state index contributed by atoms with van der Waals surface area (Å²) >= 11 is 0. The first-order chi connectivity index (χ1) is 7.65. The fraction of sp³-hybridized carbons (Fsp3) is 0.308. The molecule has 0 aliphatic carbocycles. The molecule has 0 heterocycles. The second kappa shape index (κ2) is 5.82. The predicted octanol–water partition coefficient (Wildman–Crippen LogP) is 1.55. The normalized spacial score (nSPS) is 11.3. The van der Waals surface area contributed by atoms with E-state index in [1.165, 1.54) is 4.90 Å². The van der Waals surface area contributed by atoms with Crippen LogP contribution in [0.25, 0.3) is 0 Å². The van der Waals surface area contributed by atoms with E-state index in [1.54, 1.807) is 14.0 Å². The number of hydrogen-bond acceptors (Lipinski definition) is 2. The Balaban J connectivity index is 2.56. The van der Waals surface area contributed by atoms with Crippen molar-refractivity contribution in [2.45, 2.75) is 13.0 Å². The highest BCUT2D eigenvalue weighted by Crippen LogP contribution is 2.11. The summed E-state index contributed by atoms with van der Waals surface area (Å²) in [6.45, 7) is 2.00. The van der Waals surface area contributed by atoms with Crippen molar-refractivity contribution in [2.75, 3.05) is 13.6 Å². The van der Waals surface area contributed by atoms with E-state index in [1.807, 2.05) is 30.3 Å². The van der Waals surface area contributed by atoms with Crippen LogP contribution in [0.1, 0.15) is 6.92 Å². The van der Waals surface area contributed by atoms with Gasteiger partial charge in [0, 0.05) is 7.05 Å². The summed E-state index contributed by atoms with van der Waals surface area (Å²) in [4.78, 5) is 13.2. The van der Waals surface area contributed by atoms with Gasteiger partial charge in [0.2, 0.25) is 0 Å². The number of carbonyl (C=O) groups excluding carboxylic acids is 1. The number of likely N-dealkylation sites (N-methyl/N-ethyl adjacent to an activating group) is 1. The fourth-order valence-electron chi connectivity index (χ4n) is 1.28. The lowest BCUT2D eigenvalue weighted by molar-refractivity contribution is -0.135. The van der Waals surface area contributed by atoms with E-state index in [0.29, 0.717) is 12.3 Å². The molecule has 1 atom stereocenters. The Hall–Kier alpha value is -1.95. The SMILES string of the molecule is C#CCN(C)C(=O)C(C)Oc1ccccc1. The highest BCUT2D eigenvalue weighted by Gasteiger charge is 2.18. The summed E-state index contributed by atoms with van der Waals surface area (Å²) in [6.07, 6.45) is 4.61. The topological polar surface area (TPSA) is 29.5 Å². The van der Waals surface area contributed by atoms with Crippen molar-refractivity contribution in [2.24, 2.45) is 0 Å². The Morgan fingerprint density at radius 2 is 2.12 bits per heavy atom. The Labute approximate surface area is 96.0 Å². The lowest BCUT2D eigenvalue weighted by atomic mass is 10.3. The number of nitrogens with zero attached hydrogens (tertiary/aromatic N) is 1. The van der Waals surface area contributed by atoms with Gasteiger partial charge in [-0.1, -0.05) is 24.1 Å². The highest BCUT2D eigenvalue weighted by molar-refractivity contribution is 5.80. The van der Waals surface area contributed by atoms with E-state index in [0.717, 1.165) is 0 Å². The smallest absolute Gasteiger partial charge is 0.263 e. The summed E-state index contributed by atoms with van der Waals surface area (Å²) in [5.74, 6) is 2.97. The third-order valence-corrected chi connectivity index (χ3v) is 2.11. The van der Waals surface area contributed by atoms with Gasteiger partial charge in [-0.2, -0.15) is 0 Å². The van der Waals surface area contributed by atoms with E-state index in [4.69, 9.17) is 11.2 Å². The number of amides is 1. The molecule has 0 radical (unpaired) electrons. The maximum absolute atomic E-state index is 11.7. The standard InChI is InChI=1S/C13H15NO2/c1-4-10-14(3)13(15)11(2)16-12-8-6-5-7-9-12/h1,5-9,11H,10H2,2-3H3. The van der Waals surface area contributed by atoms with Gasteiger partial charge in [0.15, 0.2) is 6.10 Å². The third kappa shape index (κ3) is 3.32. The predicted molar refractivity (Wildman–Crippen MR) is 63.0 cm³/mol. The molecule has 0 N–H and O–H groups in total. The molecule has 0 saturated heterocycles. The van der Waals surface area contributed by atoms with Gasteiger partial charge in [0.05, 0.1) is 6.54 Å². The summed E-state index contributed by atoms with van der Waals surface area (Å²) < 4.78 is 5.48. The Kier molecular flexibility index (Phi) is 4.41. The first-order valence-electron chi connectivity index (χ1n) is 5.05. The van der Waals surface area contributed by atoms with Crippen LogP contribution in [0.2, 0.25) is 0 Å². The zero-order valence-corrected chi connectivity index (χ0v) is 9.51. The van der Waals surface area contributed by atoms with Crippen LogP contribution < -0.4 is 4.74 Å². The van der Waals surface area contributed by atoms with Crippen molar-refractivity contribution in [3.63, 3.8) is 0 Å². The van der Waals surface area contributed by atoms with Crippen molar-refractivity contribution in [1.82, 2.24) is 4.90 Å². The minimum Gasteiger partial charge on any atom is -0.481 e. The van der Waals surface area contributed by atoms with Gasteiger partial charge >= 0.3 is 0 Å². The molecule has 3 nitrogen and oxygen atoms in total. The molecule has 0 aliphatic rings. The highest BCUT2D eigenvalue weighted by atomic mass is 16.5. The molecular weight excluding hydrogens is 202 g/mol. The summed E-state index contributed by atoms with van der Waals surface area (Å²) in [7, 11) is 1.66. The molecule has 0 fully saturated rings. The van der Waals surface area contributed by atoms with Gasteiger partial charge in [-0.15, -0.1) is 6.42 Å². The Morgan fingerprint density at radius 1 is 1.50 bits per heavy atom. The molecule has 0 saturated carbocycles. The second-order valence-electron chi connectivity index (χ2n) is 3.47. The summed E-state index contributed by atoms with van der Waals surface area (Å²) in [5.41, 5.74) is 0. The van der Waals surface area contributed by atoms with Crippen LogP contribution in [0.5, 0.6) is 5.75 Å². The van der Waals surface area contributed by atoms with Crippen LogP contribution in [0.3, 0.4) is 0 Å². The zero-order valence-electron chi connectivity index (χ0n) is 9.51. The molecular formula is C13H15NO2. The molecule has 0 bridgehead atoms. The second-order valence-corrected chi connectivity index (χ2v) is 3.47. The maximum Gasteiger partial charge on any atom is 0.263 e. The monoisotopic (exact) mass is 217 g/mol. The maximum atomic E-state index is 11.7. The van der Waals surface area contributed by atoms with E-state index < -0.39 is 6.10 Å². The number of hydrogen-bond donors (Lipinski definition) is 0. The van der Waals surface area contributed by atoms with Gasteiger partial charge < -0.3 is 9.64 Å². The molecule has 1 amide bonds. The van der Waals surface area contributed by atoms with E-state index in [2.05, 4.69) is 5.92 Å². The number of carbonyl (C=O) groups is 1. The van der Waals surface area contributed by atoms with Crippen molar-refractivity contribution in [1.29, 1.82) is 0 Å². The zero-order chi connectivity index (χ0) is 12.0. The first-order valence-corrected chi connectivity index (χ1v) is 5.05. The van der Waals surface area contributed by atoms with E-state index >= 15 is 0 Å². The van der Waals surface area contributed by atoms with Crippen molar-refractivity contribution < 1.29 is 9.53 Å². The number of rotatable bonds is 4. The molecule has 1 aromatic rings. The van der Waals surface area contributed by atoms with Gasteiger partial charge in [-0.05, 0) is 19.1 Å². The van der Waals surface area contributed by atoms with Crippen LogP contribution in [-0.4, -0.2) is 30.5 Å². The molecule has 1 rings (SSSR count). The third-order valence-electron chi connectivity index (χ3n) is 2.11. The average Bonchev–Trinajstić information content (AvgIpc) is 2.29. The summed E-state index contributed by atoms with van der Waals surface area (Å²) in [6, 6.07) is 9.23. The number of para-hydroxylation sites is 1. The van der Waals surface area contributed by atoms with Crippen LogP contribution >= 0.6 is 0 Å². The van der Waals surface area contributed by atoms with Crippen molar-refractivity contribution in [3.05, 3.63) is 30.3 Å². The first kappa shape index (κ1) is 12.1. The molecule has 1 unspecified atom stereocenters. The number of benzene rings is 1. The quantitative estimate of drug-likeness (QED) is 0.716. The van der Waals surface area contributed by atoms with Crippen molar-refractivity contribution in [3.8, 4) is 18.1 Å². The van der Waals surface area contributed by atoms with Gasteiger partial charge in [0.25, 0.3) is 5.91 Å². The van der Waals surface area contributed by atoms with Crippen LogP contribution in [0.15, 0.2) is 30.3 Å². The summed E-state index contributed by atoms with van der Waals surface area (Å²) in [5, 5.41) is 0. The molecule has 0 aromatic heterocycles. The molecule has 84 valence electrons. The van der Waals surface area contributed by atoms with E-state index in [-0.39, 0.29) is 5.91 Å². The van der Waals surface area contributed by atoms with Crippen LogP contribution in [0, 0.1) is 12.3 Å². The molecule has 0 aliphatic heterocycles. The van der Waals surface area contributed by atoms with E-state index in [9.17, 15) is 4.79 Å². The average molecular weight is 217 g/mol. The lowest BCUT2D eigenvalue weighted by Crippen LogP contribution is -2.38. The minimum atomic E-state index is -0.527. The Morgan fingerprint density at radius 3 is 2.69 bits per heavy atom. The molecule has 0 spiro atoms. The largest absolute Gasteiger partial charge is 0.481 e. The van der Waals surface area contributed by atoms with Gasteiger partial charge in [-0.3, -0.25) is 4.79 Å². The minimum absolute atomic E-state index is 0.123. The fourth-order valence-corrected chi connectivity index (χ4v) is 1.28. The number of ether oxygens (including phenoxy) is 1. The lowest BCUT2D eigenvalue weighted by Gasteiger charge is -2.20. The molecule has 3 heteroatoms. The van der Waals surface area contributed by atoms with Crippen LogP contribution in [-0.2, 0) is 4.79 Å².